The van der Waals surface area contributed by atoms with Crippen LogP contribution in [0.3, 0.4) is 0 Å². The highest BCUT2D eigenvalue weighted by Crippen LogP contribution is 2.28. The van der Waals surface area contributed by atoms with E-state index in [-0.39, 0.29) is 5.69 Å². The van der Waals surface area contributed by atoms with Crippen molar-refractivity contribution in [1.29, 1.82) is 0 Å². The Labute approximate surface area is 105 Å². The highest BCUT2D eigenvalue weighted by molar-refractivity contribution is 6.09. The Kier molecular flexibility index (Phi) is 3.10. The number of amides is 1. The van der Waals surface area contributed by atoms with Gasteiger partial charge in [-0.3, -0.25) is 14.9 Å². The number of nitrogens with two attached hydrogens (primary N) is 1. The van der Waals surface area contributed by atoms with Gasteiger partial charge in [-0.15, -0.1) is 0 Å². The minimum absolute atomic E-state index is 0.176. The number of hydrogen-bond acceptors (Lipinski definition) is 6. The van der Waals surface area contributed by atoms with Gasteiger partial charge in [0.15, 0.2) is 0 Å². The Morgan fingerprint density at radius 3 is 2.84 bits per heavy atom. The third-order valence-corrected chi connectivity index (χ3v) is 2.29. The molecule has 0 aliphatic carbocycles. The summed E-state index contributed by atoms with van der Waals surface area (Å²) in [4.78, 5) is 21.7. The number of nitrogen functional groups attached to an aromatic ring is 1. The quantitative estimate of drug-likeness (QED) is 0.493. The molecule has 1 heterocycles. The molecule has 19 heavy (non-hydrogen) atoms. The standard InChI is InChI=1S/C10H7FN4O4/c11-6-1-2-7(15(17)18)9(12)8(6)10(16)14-5-3-13-19-4-5/h1-4H,12H2,(H,14,16). The van der Waals surface area contributed by atoms with E-state index in [0.717, 1.165) is 18.4 Å². The number of benzene rings is 1. The summed E-state index contributed by atoms with van der Waals surface area (Å²) in [6.07, 6.45) is 2.30. The molecule has 0 bridgehead atoms. The first-order chi connectivity index (χ1) is 9.00. The van der Waals surface area contributed by atoms with Crippen molar-refractivity contribution in [3.63, 3.8) is 0 Å². The molecule has 0 aliphatic heterocycles. The number of anilines is 2. The van der Waals surface area contributed by atoms with E-state index in [1.165, 1.54) is 6.20 Å². The highest BCUT2D eigenvalue weighted by atomic mass is 19.1. The topological polar surface area (TPSA) is 124 Å². The first-order valence-corrected chi connectivity index (χ1v) is 4.94. The molecular weight excluding hydrogens is 259 g/mol. The van der Waals surface area contributed by atoms with Crippen molar-refractivity contribution < 1.29 is 18.6 Å². The van der Waals surface area contributed by atoms with Gasteiger partial charge in [0.1, 0.15) is 29.0 Å². The van der Waals surface area contributed by atoms with E-state index in [2.05, 4.69) is 15.0 Å². The summed E-state index contributed by atoms with van der Waals surface area (Å²) in [5, 5.41) is 16.3. The molecule has 0 atom stereocenters. The van der Waals surface area contributed by atoms with Gasteiger partial charge in [0, 0.05) is 6.07 Å². The van der Waals surface area contributed by atoms with E-state index in [0.29, 0.717) is 0 Å². The summed E-state index contributed by atoms with van der Waals surface area (Å²) in [5.74, 6) is -1.89. The molecule has 3 N–H and O–H groups in total. The van der Waals surface area contributed by atoms with Crippen LogP contribution in [0.1, 0.15) is 10.4 Å². The third-order valence-electron chi connectivity index (χ3n) is 2.29. The molecule has 0 fully saturated rings. The number of nitro benzene ring substituents is 1. The van der Waals surface area contributed by atoms with Crippen LogP contribution in [0.5, 0.6) is 0 Å². The van der Waals surface area contributed by atoms with Crippen LogP contribution in [0.15, 0.2) is 29.1 Å². The molecular formula is C10H7FN4O4. The number of carbonyl (C=O) groups excluding carboxylic acids is 1. The summed E-state index contributed by atoms with van der Waals surface area (Å²) in [6.45, 7) is 0. The van der Waals surface area contributed by atoms with Crippen LogP contribution in [0.2, 0.25) is 0 Å². The summed E-state index contributed by atoms with van der Waals surface area (Å²) in [6, 6.07) is 1.69. The van der Waals surface area contributed by atoms with Crippen molar-refractivity contribution in [1.82, 2.24) is 5.16 Å². The summed E-state index contributed by atoms with van der Waals surface area (Å²) < 4.78 is 18.0. The van der Waals surface area contributed by atoms with Crippen LogP contribution < -0.4 is 11.1 Å². The van der Waals surface area contributed by atoms with Gasteiger partial charge in [0.2, 0.25) is 0 Å². The van der Waals surface area contributed by atoms with Gasteiger partial charge in [0.25, 0.3) is 11.6 Å². The van der Waals surface area contributed by atoms with Crippen molar-refractivity contribution in [3.8, 4) is 0 Å². The fourth-order valence-corrected chi connectivity index (χ4v) is 1.43. The SMILES string of the molecule is Nc1c([N+](=O)[O-])ccc(F)c1C(=O)Nc1cnoc1. The molecule has 9 heteroatoms. The van der Waals surface area contributed by atoms with Gasteiger partial charge in [-0.2, -0.15) is 0 Å². The number of aromatic nitrogens is 1. The Morgan fingerprint density at radius 1 is 1.53 bits per heavy atom. The Balaban J connectivity index is 2.41. The van der Waals surface area contributed by atoms with Crippen LogP contribution in [0.25, 0.3) is 0 Å². The van der Waals surface area contributed by atoms with Crippen LogP contribution in [-0.2, 0) is 0 Å². The lowest BCUT2D eigenvalue weighted by Gasteiger charge is -2.07. The monoisotopic (exact) mass is 266 g/mol. The Morgan fingerprint density at radius 2 is 2.26 bits per heavy atom. The van der Waals surface area contributed by atoms with Crippen LogP contribution >= 0.6 is 0 Å². The van der Waals surface area contributed by atoms with Crippen LogP contribution in [-0.4, -0.2) is 16.0 Å². The van der Waals surface area contributed by atoms with E-state index in [1.54, 1.807) is 0 Å². The molecule has 0 radical (unpaired) electrons. The molecule has 0 saturated heterocycles. The number of hydrogen-bond donors (Lipinski definition) is 2. The number of carbonyl (C=O) groups is 1. The fraction of sp³-hybridized carbons (Fsp3) is 0. The van der Waals surface area contributed by atoms with Gasteiger partial charge in [-0.1, -0.05) is 5.16 Å². The second-order valence-corrected chi connectivity index (χ2v) is 3.48. The maximum atomic E-state index is 13.6. The number of nitro groups is 1. The van der Waals surface area contributed by atoms with Crippen molar-refractivity contribution >= 4 is 23.0 Å². The average Bonchev–Trinajstić information content (AvgIpc) is 2.81. The lowest BCUT2D eigenvalue weighted by molar-refractivity contribution is -0.384. The molecule has 1 aromatic heterocycles. The Hall–Kier alpha value is -2.97. The van der Waals surface area contributed by atoms with E-state index in [1.807, 2.05) is 0 Å². The summed E-state index contributed by atoms with van der Waals surface area (Å²) in [5.41, 5.74) is 3.92. The summed E-state index contributed by atoms with van der Waals surface area (Å²) >= 11 is 0. The second-order valence-electron chi connectivity index (χ2n) is 3.48. The van der Waals surface area contributed by atoms with Crippen molar-refractivity contribution in [2.45, 2.75) is 0 Å². The van der Waals surface area contributed by atoms with Gasteiger partial charge < -0.3 is 15.6 Å². The highest BCUT2D eigenvalue weighted by Gasteiger charge is 2.24. The zero-order valence-electron chi connectivity index (χ0n) is 9.29. The molecule has 0 spiro atoms. The predicted molar refractivity (Wildman–Crippen MR) is 61.9 cm³/mol. The van der Waals surface area contributed by atoms with Crippen molar-refractivity contribution in [2.75, 3.05) is 11.1 Å². The normalized spacial score (nSPS) is 10.2. The number of nitrogens with one attached hydrogen (secondary N) is 1. The molecule has 1 amide bonds. The maximum absolute atomic E-state index is 13.6. The second kappa shape index (κ2) is 4.72. The van der Waals surface area contributed by atoms with Gasteiger partial charge >= 0.3 is 0 Å². The minimum Gasteiger partial charge on any atom is -0.392 e. The van der Waals surface area contributed by atoms with Crippen LogP contribution in [0.4, 0.5) is 21.5 Å². The minimum atomic E-state index is -0.961. The zero-order chi connectivity index (χ0) is 14.0. The molecule has 2 rings (SSSR count). The molecule has 0 aliphatic rings. The number of halogens is 1. The van der Waals surface area contributed by atoms with E-state index in [4.69, 9.17) is 5.73 Å². The van der Waals surface area contributed by atoms with Crippen LogP contribution in [0, 0.1) is 15.9 Å². The average molecular weight is 266 g/mol. The molecule has 2 aromatic rings. The lowest BCUT2D eigenvalue weighted by Crippen LogP contribution is -2.16. The fourth-order valence-electron chi connectivity index (χ4n) is 1.43. The van der Waals surface area contributed by atoms with Gasteiger partial charge in [0.05, 0.1) is 11.1 Å². The molecule has 98 valence electrons. The van der Waals surface area contributed by atoms with Gasteiger partial charge in [-0.05, 0) is 6.07 Å². The third kappa shape index (κ3) is 2.34. The molecule has 1 aromatic carbocycles. The number of nitrogens with zero attached hydrogens (tertiary/aromatic N) is 2. The maximum Gasteiger partial charge on any atom is 0.293 e. The largest absolute Gasteiger partial charge is 0.392 e. The van der Waals surface area contributed by atoms with Crippen molar-refractivity contribution in [2.24, 2.45) is 0 Å². The number of rotatable bonds is 3. The first-order valence-electron chi connectivity index (χ1n) is 4.94. The molecule has 0 unspecified atom stereocenters. The molecule has 8 nitrogen and oxygen atoms in total. The first kappa shape index (κ1) is 12.5. The van der Waals surface area contributed by atoms with Crippen molar-refractivity contribution in [3.05, 3.63) is 46.1 Å². The summed E-state index contributed by atoms with van der Waals surface area (Å²) in [7, 11) is 0. The molecule has 0 saturated carbocycles. The van der Waals surface area contributed by atoms with E-state index >= 15 is 0 Å². The Bertz CT molecular complexity index is 641. The van der Waals surface area contributed by atoms with Gasteiger partial charge in [-0.25, -0.2) is 4.39 Å². The van der Waals surface area contributed by atoms with E-state index < -0.39 is 33.6 Å². The lowest BCUT2D eigenvalue weighted by atomic mass is 10.1. The zero-order valence-corrected chi connectivity index (χ0v) is 9.29. The smallest absolute Gasteiger partial charge is 0.293 e. The van der Waals surface area contributed by atoms with E-state index in [9.17, 15) is 19.3 Å². The predicted octanol–water partition coefficient (Wildman–Crippen LogP) is 1.56.